The van der Waals surface area contributed by atoms with Gasteiger partial charge < -0.3 is 14.4 Å². The van der Waals surface area contributed by atoms with Crippen LogP contribution in [0.25, 0.3) is 0 Å². The van der Waals surface area contributed by atoms with Crippen LogP contribution in [0.15, 0.2) is 12.5 Å². The first-order chi connectivity index (χ1) is 8.48. The van der Waals surface area contributed by atoms with Crippen LogP contribution < -0.4 is 0 Å². The van der Waals surface area contributed by atoms with Crippen LogP contribution in [0.2, 0.25) is 0 Å². The summed E-state index contributed by atoms with van der Waals surface area (Å²) >= 11 is 0. The average molecular weight is 260 g/mol. The topological polar surface area (TPSA) is 64.3 Å². The molecule has 0 amide bonds. The van der Waals surface area contributed by atoms with Gasteiger partial charge in [0.1, 0.15) is 0 Å². The van der Waals surface area contributed by atoms with Crippen LogP contribution in [0.4, 0.5) is 8.78 Å². The molecule has 1 saturated carbocycles. The van der Waals surface area contributed by atoms with Crippen LogP contribution in [0, 0.1) is 0 Å². The van der Waals surface area contributed by atoms with E-state index in [1.807, 2.05) is 0 Å². The van der Waals surface area contributed by atoms with Crippen molar-refractivity contribution < 1.29 is 23.4 Å². The quantitative estimate of drug-likeness (QED) is 0.814. The molecule has 7 heteroatoms. The summed E-state index contributed by atoms with van der Waals surface area (Å²) < 4.78 is 33.1. The van der Waals surface area contributed by atoms with Gasteiger partial charge in [0.25, 0.3) is 0 Å². The highest BCUT2D eigenvalue weighted by atomic mass is 19.3. The minimum Gasteiger partial charge on any atom is -0.461 e. The Balaban J connectivity index is 2.21. The van der Waals surface area contributed by atoms with Gasteiger partial charge in [-0.25, -0.2) is 9.78 Å². The minimum atomic E-state index is -3.97. The number of aromatic nitrogens is 2. The Morgan fingerprint density at radius 3 is 2.94 bits per heavy atom. The zero-order valence-corrected chi connectivity index (χ0v) is 9.84. The van der Waals surface area contributed by atoms with Crippen LogP contribution >= 0.6 is 0 Å². The molecule has 1 aliphatic rings. The lowest BCUT2D eigenvalue weighted by atomic mass is 10.1. The number of aliphatic hydroxyl groups is 1. The Kier molecular flexibility index (Phi) is 3.34. The first kappa shape index (κ1) is 12.9. The molecule has 1 atom stereocenters. The van der Waals surface area contributed by atoms with Crippen LogP contribution in [0.5, 0.6) is 0 Å². The minimum absolute atomic E-state index is 0.0597. The van der Waals surface area contributed by atoms with Gasteiger partial charge in [-0.15, -0.1) is 0 Å². The van der Waals surface area contributed by atoms with Crippen molar-refractivity contribution in [2.75, 3.05) is 6.61 Å². The van der Waals surface area contributed by atoms with Gasteiger partial charge in [-0.1, -0.05) is 0 Å². The van der Waals surface area contributed by atoms with Gasteiger partial charge in [0.2, 0.25) is 0 Å². The lowest BCUT2D eigenvalue weighted by molar-refractivity contribution is -0.189. The first-order valence-corrected chi connectivity index (χ1v) is 5.73. The van der Waals surface area contributed by atoms with Crippen LogP contribution in [0.3, 0.4) is 0 Å². The Labute approximate surface area is 102 Å². The number of alkyl halides is 2. The number of rotatable bonds is 5. The second-order valence-corrected chi connectivity index (χ2v) is 4.20. The third-order valence-electron chi connectivity index (χ3n) is 2.81. The molecule has 1 N–H and O–H groups in total. The van der Waals surface area contributed by atoms with E-state index in [9.17, 15) is 18.7 Å². The van der Waals surface area contributed by atoms with Crippen LogP contribution in [0.1, 0.15) is 37.6 Å². The maximum atomic E-state index is 13.7. The number of imidazole rings is 1. The Morgan fingerprint density at radius 2 is 2.39 bits per heavy atom. The predicted molar refractivity (Wildman–Crippen MR) is 57.0 cm³/mol. The number of esters is 1. The van der Waals surface area contributed by atoms with Crippen molar-refractivity contribution in [1.82, 2.24) is 9.55 Å². The molecule has 0 saturated heterocycles. The van der Waals surface area contributed by atoms with Crippen molar-refractivity contribution in [3.05, 3.63) is 18.2 Å². The summed E-state index contributed by atoms with van der Waals surface area (Å²) in [6.07, 6.45) is 2.02. The molecule has 0 aliphatic heterocycles. The molecule has 1 aromatic heterocycles. The number of carbonyl (C=O) groups excluding carboxylic acids is 1. The van der Waals surface area contributed by atoms with E-state index in [0.29, 0.717) is 0 Å². The third kappa shape index (κ3) is 2.22. The van der Waals surface area contributed by atoms with E-state index in [1.54, 1.807) is 0 Å². The number of carbonyl (C=O) groups is 1. The SMILES string of the molecule is CCOC(=O)C(F)(F)C(O)c1cncn1C1CC1. The Bertz CT molecular complexity index is 443. The van der Waals surface area contributed by atoms with Gasteiger partial charge in [-0.3, -0.25) is 0 Å². The smallest absolute Gasteiger partial charge is 0.380 e. The number of halogens is 2. The molecule has 2 rings (SSSR count). The normalized spacial score (nSPS) is 17.6. The molecule has 1 heterocycles. The predicted octanol–water partition coefficient (Wildman–Crippen LogP) is 1.45. The number of hydrogen-bond acceptors (Lipinski definition) is 4. The summed E-state index contributed by atoms with van der Waals surface area (Å²) in [7, 11) is 0. The fraction of sp³-hybridized carbons (Fsp3) is 0.636. The lowest BCUT2D eigenvalue weighted by Crippen LogP contribution is -2.38. The van der Waals surface area contributed by atoms with Gasteiger partial charge in [0.05, 0.1) is 24.8 Å². The largest absolute Gasteiger partial charge is 0.461 e. The van der Waals surface area contributed by atoms with E-state index in [0.717, 1.165) is 19.0 Å². The van der Waals surface area contributed by atoms with Gasteiger partial charge in [-0.2, -0.15) is 8.78 Å². The molecule has 1 aromatic rings. The van der Waals surface area contributed by atoms with Gasteiger partial charge in [0.15, 0.2) is 6.10 Å². The number of ether oxygens (including phenoxy) is 1. The van der Waals surface area contributed by atoms with Crippen molar-refractivity contribution in [2.24, 2.45) is 0 Å². The molecular formula is C11H14F2N2O3. The summed E-state index contributed by atoms with van der Waals surface area (Å²) in [6, 6.07) is 0.0927. The Morgan fingerprint density at radius 1 is 1.72 bits per heavy atom. The molecule has 0 bridgehead atoms. The molecule has 0 aromatic carbocycles. The zero-order valence-electron chi connectivity index (χ0n) is 9.84. The molecule has 18 heavy (non-hydrogen) atoms. The third-order valence-corrected chi connectivity index (χ3v) is 2.81. The molecule has 5 nitrogen and oxygen atoms in total. The number of hydrogen-bond donors (Lipinski definition) is 1. The van der Waals surface area contributed by atoms with Crippen LogP contribution in [-0.2, 0) is 9.53 Å². The number of aliphatic hydroxyl groups excluding tert-OH is 1. The average Bonchev–Trinajstić information content (AvgIpc) is 3.06. The zero-order chi connectivity index (χ0) is 13.3. The maximum Gasteiger partial charge on any atom is 0.380 e. The van der Waals surface area contributed by atoms with Gasteiger partial charge >= 0.3 is 11.9 Å². The second kappa shape index (κ2) is 4.64. The summed E-state index contributed by atoms with van der Waals surface area (Å²) in [6.45, 7) is 1.26. The van der Waals surface area contributed by atoms with E-state index in [1.165, 1.54) is 17.8 Å². The summed E-state index contributed by atoms with van der Waals surface area (Å²) in [5.41, 5.74) is -0.0597. The van der Waals surface area contributed by atoms with E-state index < -0.39 is 18.0 Å². The van der Waals surface area contributed by atoms with E-state index in [2.05, 4.69) is 9.72 Å². The van der Waals surface area contributed by atoms with E-state index in [-0.39, 0.29) is 18.3 Å². The highest BCUT2D eigenvalue weighted by Gasteiger charge is 2.50. The molecular weight excluding hydrogens is 246 g/mol. The molecule has 1 fully saturated rings. The molecule has 1 aliphatic carbocycles. The Hall–Kier alpha value is -1.50. The molecule has 1 unspecified atom stereocenters. The molecule has 100 valence electrons. The summed E-state index contributed by atoms with van der Waals surface area (Å²) in [4.78, 5) is 14.9. The summed E-state index contributed by atoms with van der Waals surface area (Å²) in [5, 5.41) is 9.68. The summed E-state index contributed by atoms with van der Waals surface area (Å²) in [5.74, 6) is -5.69. The van der Waals surface area contributed by atoms with Crippen molar-refractivity contribution in [3.8, 4) is 0 Å². The van der Waals surface area contributed by atoms with Crippen molar-refractivity contribution in [1.29, 1.82) is 0 Å². The second-order valence-electron chi connectivity index (χ2n) is 4.20. The fourth-order valence-electron chi connectivity index (χ4n) is 1.71. The van der Waals surface area contributed by atoms with Gasteiger partial charge in [0, 0.05) is 6.04 Å². The van der Waals surface area contributed by atoms with Gasteiger partial charge in [-0.05, 0) is 19.8 Å². The number of nitrogens with zero attached hydrogens (tertiary/aromatic N) is 2. The lowest BCUT2D eigenvalue weighted by Gasteiger charge is -2.21. The van der Waals surface area contributed by atoms with Crippen molar-refractivity contribution in [2.45, 2.75) is 37.8 Å². The fourth-order valence-corrected chi connectivity index (χ4v) is 1.71. The van der Waals surface area contributed by atoms with Crippen molar-refractivity contribution >= 4 is 5.97 Å². The first-order valence-electron chi connectivity index (χ1n) is 5.73. The standard InChI is InChI=1S/C11H14F2N2O3/c1-2-18-10(17)11(12,13)9(16)8-5-14-6-15(8)7-3-4-7/h5-7,9,16H,2-4H2,1H3. The highest BCUT2D eigenvalue weighted by molar-refractivity contribution is 5.78. The maximum absolute atomic E-state index is 13.7. The molecule has 0 radical (unpaired) electrons. The monoisotopic (exact) mass is 260 g/mol. The van der Waals surface area contributed by atoms with E-state index >= 15 is 0 Å². The van der Waals surface area contributed by atoms with Crippen molar-refractivity contribution in [3.63, 3.8) is 0 Å². The van der Waals surface area contributed by atoms with E-state index in [4.69, 9.17) is 0 Å². The highest BCUT2D eigenvalue weighted by Crippen LogP contribution is 2.40. The molecule has 0 spiro atoms. The van der Waals surface area contributed by atoms with Crippen LogP contribution in [-0.4, -0.2) is 33.2 Å².